The number of amides is 2. The van der Waals surface area contributed by atoms with Gasteiger partial charge in [-0.1, -0.05) is 0 Å². The van der Waals surface area contributed by atoms with E-state index in [-0.39, 0.29) is 23.3 Å². The molecule has 0 aromatic carbocycles. The van der Waals surface area contributed by atoms with E-state index in [1.54, 1.807) is 9.80 Å². The topological polar surface area (TPSA) is 115 Å². The van der Waals surface area contributed by atoms with Crippen LogP contribution in [0.15, 0.2) is 23.7 Å². The Morgan fingerprint density at radius 1 is 0.760 bits per heavy atom. The second kappa shape index (κ2) is 18.6. The fourth-order valence-electron chi connectivity index (χ4n) is 1.61. The molecule has 0 aromatic heterocycles. The molecule has 0 unspecified atom stereocenters. The van der Waals surface area contributed by atoms with Crippen LogP contribution in [0.2, 0.25) is 0 Å². The fourth-order valence-corrected chi connectivity index (χ4v) is 1.61. The van der Waals surface area contributed by atoms with Gasteiger partial charge < -0.3 is 20.0 Å². The summed E-state index contributed by atoms with van der Waals surface area (Å²) in [6.45, 7) is 13.3. The second-order valence-corrected chi connectivity index (χ2v) is 5.00. The molecule has 0 bridgehead atoms. The van der Waals surface area contributed by atoms with Crippen LogP contribution >= 0.6 is 0 Å². The van der Waals surface area contributed by atoms with Crippen molar-refractivity contribution >= 4 is 11.8 Å². The molecular formula is C16H30MoN2O6. The molecule has 9 heteroatoms. The van der Waals surface area contributed by atoms with E-state index in [0.717, 1.165) is 0 Å². The standard InChI is InChI=1S/2C8H15NO2.Mo.2O/c2*1-4-9(5-2)8(11)6-7(3)10;;;/h2*6,10H,4-5H2,1-3H3;;;/b2*7-6-;;;. The van der Waals surface area contributed by atoms with Crippen LogP contribution in [-0.4, -0.2) is 58.0 Å². The first-order valence-electron chi connectivity index (χ1n) is 7.88. The number of carbonyl (C=O) groups is 2. The first-order chi connectivity index (χ1) is 11.6. The molecule has 2 N–H and O–H groups in total. The van der Waals surface area contributed by atoms with Crippen LogP contribution in [0.4, 0.5) is 0 Å². The van der Waals surface area contributed by atoms with Gasteiger partial charge in [0.1, 0.15) is 0 Å². The zero-order valence-corrected chi connectivity index (χ0v) is 17.8. The zero-order valence-electron chi connectivity index (χ0n) is 15.8. The van der Waals surface area contributed by atoms with Crippen molar-refractivity contribution in [3.05, 3.63) is 23.7 Å². The van der Waals surface area contributed by atoms with Gasteiger partial charge in [0.2, 0.25) is 11.8 Å². The number of hydrogen-bond acceptors (Lipinski definition) is 6. The van der Waals surface area contributed by atoms with Crippen molar-refractivity contribution < 1.29 is 45.1 Å². The summed E-state index contributed by atoms with van der Waals surface area (Å²) in [7, 11) is 0. The van der Waals surface area contributed by atoms with Crippen molar-refractivity contribution in [2.45, 2.75) is 41.5 Å². The number of allylic oxidation sites excluding steroid dienone is 2. The summed E-state index contributed by atoms with van der Waals surface area (Å²) < 4.78 is 17.0. The molecule has 0 rings (SSSR count). The number of aliphatic hydroxyl groups excluding tert-OH is 2. The van der Waals surface area contributed by atoms with Crippen molar-refractivity contribution in [3.8, 4) is 0 Å². The summed E-state index contributed by atoms with van der Waals surface area (Å²) in [4.78, 5) is 25.5. The van der Waals surface area contributed by atoms with Gasteiger partial charge in [0.25, 0.3) is 0 Å². The van der Waals surface area contributed by atoms with E-state index in [0.29, 0.717) is 26.2 Å². The van der Waals surface area contributed by atoms with Gasteiger partial charge in [-0.2, -0.15) is 0 Å². The minimum absolute atomic E-state index is 0.0573. The van der Waals surface area contributed by atoms with Crippen LogP contribution in [0.1, 0.15) is 41.5 Å². The Kier molecular flexibility index (Phi) is 21.0. The van der Waals surface area contributed by atoms with Gasteiger partial charge in [-0.15, -0.1) is 0 Å². The summed E-state index contributed by atoms with van der Waals surface area (Å²) in [6.07, 6.45) is 2.46. The Labute approximate surface area is 158 Å². The summed E-state index contributed by atoms with van der Waals surface area (Å²) in [5, 5.41) is 17.6. The Hall–Kier alpha value is -1.69. The van der Waals surface area contributed by atoms with E-state index in [9.17, 15) is 9.59 Å². The van der Waals surface area contributed by atoms with Gasteiger partial charge in [-0.3, -0.25) is 9.59 Å². The summed E-state index contributed by atoms with van der Waals surface area (Å²) in [5.74, 6) is -0.145. The van der Waals surface area contributed by atoms with Crippen LogP contribution in [0.25, 0.3) is 0 Å². The predicted octanol–water partition coefficient (Wildman–Crippen LogP) is 2.39. The van der Waals surface area contributed by atoms with E-state index >= 15 is 0 Å². The Morgan fingerprint density at radius 3 is 1.08 bits per heavy atom. The van der Waals surface area contributed by atoms with Crippen molar-refractivity contribution in [1.82, 2.24) is 9.80 Å². The van der Waals surface area contributed by atoms with E-state index in [4.69, 9.17) is 17.0 Å². The number of hydrogen-bond donors (Lipinski definition) is 2. The SMILES string of the molecule is CCN(CC)C(=O)/C=C(/C)O.CCN(CC)C(=O)/C=C(/C)O.[O]=[Mo]=[O]. The maximum absolute atomic E-state index is 11.1. The van der Waals surface area contributed by atoms with Gasteiger partial charge >= 0.3 is 25.3 Å². The molecule has 0 fully saturated rings. The molecule has 0 spiro atoms. The molecule has 0 heterocycles. The molecule has 0 radical (unpaired) electrons. The number of nitrogens with zero attached hydrogens (tertiary/aromatic N) is 2. The molecule has 0 aliphatic rings. The average molecular weight is 442 g/mol. The van der Waals surface area contributed by atoms with Crippen LogP contribution in [0.5, 0.6) is 0 Å². The molecule has 0 aromatic rings. The Morgan fingerprint density at radius 2 is 0.960 bits per heavy atom. The summed E-state index contributed by atoms with van der Waals surface area (Å²) in [6, 6.07) is 0. The van der Waals surface area contributed by atoms with Gasteiger partial charge in [0.15, 0.2) is 0 Å². The zero-order chi connectivity index (χ0) is 20.4. The van der Waals surface area contributed by atoms with Crippen LogP contribution in [-0.2, 0) is 34.9 Å². The van der Waals surface area contributed by atoms with Crippen molar-refractivity contribution in [1.29, 1.82) is 0 Å². The second-order valence-electron chi connectivity index (χ2n) is 4.66. The Balaban J connectivity index is -0.000000334. The fraction of sp³-hybridized carbons (Fsp3) is 0.625. The maximum atomic E-state index is 11.1. The summed E-state index contributed by atoms with van der Waals surface area (Å²) in [5.41, 5.74) is 0. The molecule has 2 amide bonds. The van der Waals surface area contributed by atoms with E-state index in [1.807, 2.05) is 27.7 Å². The molecule has 146 valence electrons. The number of aliphatic hydroxyl groups is 2. The molecule has 0 aliphatic heterocycles. The van der Waals surface area contributed by atoms with Gasteiger partial charge in [-0.05, 0) is 41.5 Å². The van der Waals surface area contributed by atoms with Crippen molar-refractivity contribution in [3.63, 3.8) is 0 Å². The summed E-state index contributed by atoms with van der Waals surface area (Å²) >= 11 is -2.03. The molecular weight excluding hydrogens is 412 g/mol. The first kappa shape index (κ1) is 28.1. The average Bonchev–Trinajstić information content (AvgIpc) is 2.49. The van der Waals surface area contributed by atoms with Gasteiger partial charge in [-0.25, -0.2) is 0 Å². The van der Waals surface area contributed by atoms with Crippen molar-refractivity contribution in [2.75, 3.05) is 26.2 Å². The molecule has 0 atom stereocenters. The van der Waals surface area contributed by atoms with Crippen LogP contribution < -0.4 is 0 Å². The number of likely N-dealkylation sites (N-methyl/N-ethyl adjacent to an activating group) is 2. The first-order valence-corrected chi connectivity index (χ1v) is 9.52. The van der Waals surface area contributed by atoms with Crippen LogP contribution in [0.3, 0.4) is 0 Å². The molecule has 0 saturated heterocycles. The number of carbonyl (C=O) groups excluding carboxylic acids is 2. The number of rotatable bonds is 6. The van der Waals surface area contributed by atoms with E-state index in [2.05, 4.69) is 0 Å². The van der Waals surface area contributed by atoms with Crippen LogP contribution in [0, 0.1) is 0 Å². The monoisotopic (exact) mass is 444 g/mol. The predicted molar refractivity (Wildman–Crippen MR) is 90.0 cm³/mol. The third-order valence-corrected chi connectivity index (χ3v) is 2.81. The van der Waals surface area contributed by atoms with E-state index in [1.165, 1.54) is 26.0 Å². The van der Waals surface area contributed by atoms with Gasteiger partial charge in [0, 0.05) is 38.3 Å². The third-order valence-electron chi connectivity index (χ3n) is 2.81. The Bertz CT molecular complexity index is 431. The molecule has 25 heavy (non-hydrogen) atoms. The quantitative estimate of drug-likeness (QED) is 0.371. The molecule has 8 nitrogen and oxygen atoms in total. The van der Waals surface area contributed by atoms with Gasteiger partial charge in [0.05, 0.1) is 11.5 Å². The van der Waals surface area contributed by atoms with Crippen molar-refractivity contribution in [2.24, 2.45) is 0 Å². The molecule has 0 aliphatic carbocycles. The normalized spacial score (nSPS) is 10.5. The van der Waals surface area contributed by atoms with E-state index < -0.39 is 18.5 Å². The minimum atomic E-state index is -2.03. The third kappa shape index (κ3) is 18.5. The molecule has 0 saturated carbocycles.